The number of carbonyl (C=O) groups excluding carboxylic acids is 1. The van der Waals surface area contributed by atoms with E-state index in [2.05, 4.69) is 5.10 Å². The summed E-state index contributed by atoms with van der Waals surface area (Å²) in [5.41, 5.74) is 0.821. The molecule has 0 unspecified atom stereocenters. The van der Waals surface area contributed by atoms with Gasteiger partial charge in [-0.3, -0.25) is 4.68 Å². The average Bonchev–Trinajstić information content (AvgIpc) is 2.33. The first kappa shape index (κ1) is 7.78. The molecule has 0 aromatic carbocycles. The number of hydrogen-bond acceptors (Lipinski definition) is 3. The molecule has 4 heteroatoms. The second kappa shape index (κ2) is 2.74. The summed E-state index contributed by atoms with van der Waals surface area (Å²) in [5, 5.41) is 14.2. The summed E-state index contributed by atoms with van der Waals surface area (Å²) in [5.74, 6) is -1.11. The first-order valence-electron chi connectivity index (χ1n) is 3.34. The standard InChI is InChI=1S/C7H10N2O2/c1-5-3-4-8-9(5)6(2)7(10)11/h3-4,6H,1-2H3,(H,10,11)/p-1/t6-/m1/s1. The van der Waals surface area contributed by atoms with E-state index in [-0.39, 0.29) is 0 Å². The third kappa shape index (κ3) is 1.39. The lowest BCUT2D eigenvalue weighted by Crippen LogP contribution is -2.32. The van der Waals surface area contributed by atoms with Crippen molar-refractivity contribution in [1.82, 2.24) is 9.78 Å². The second-order valence-corrected chi connectivity index (χ2v) is 2.41. The van der Waals surface area contributed by atoms with Crippen LogP contribution in [0.25, 0.3) is 0 Å². The molecule has 0 amide bonds. The molecule has 1 heterocycles. The third-order valence-corrected chi connectivity index (χ3v) is 1.58. The van der Waals surface area contributed by atoms with Crippen molar-refractivity contribution < 1.29 is 9.90 Å². The molecule has 0 saturated carbocycles. The lowest BCUT2D eigenvalue weighted by atomic mass is 10.3. The van der Waals surface area contributed by atoms with Crippen LogP contribution in [0.4, 0.5) is 0 Å². The molecule has 11 heavy (non-hydrogen) atoms. The highest BCUT2D eigenvalue weighted by Gasteiger charge is 2.06. The number of nitrogens with zero attached hydrogens (tertiary/aromatic N) is 2. The molecule has 0 bridgehead atoms. The maximum absolute atomic E-state index is 10.4. The highest BCUT2D eigenvalue weighted by atomic mass is 16.4. The number of rotatable bonds is 2. The molecule has 0 aliphatic heterocycles. The van der Waals surface area contributed by atoms with Crippen molar-refractivity contribution in [2.75, 3.05) is 0 Å². The van der Waals surface area contributed by atoms with Gasteiger partial charge in [-0.25, -0.2) is 0 Å². The van der Waals surface area contributed by atoms with Crippen LogP contribution in [-0.4, -0.2) is 15.7 Å². The molecule has 0 fully saturated rings. The number of carboxylic acid groups (broad SMARTS) is 1. The summed E-state index contributed by atoms with van der Waals surface area (Å²) in [6, 6.07) is 1.06. The van der Waals surface area contributed by atoms with E-state index < -0.39 is 12.0 Å². The van der Waals surface area contributed by atoms with Crippen molar-refractivity contribution >= 4 is 5.97 Å². The quantitative estimate of drug-likeness (QED) is 0.575. The van der Waals surface area contributed by atoms with Crippen LogP contribution in [0, 0.1) is 6.92 Å². The van der Waals surface area contributed by atoms with Gasteiger partial charge in [-0.2, -0.15) is 5.10 Å². The third-order valence-electron chi connectivity index (χ3n) is 1.58. The van der Waals surface area contributed by atoms with Crippen LogP contribution in [-0.2, 0) is 4.79 Å². The first-order valence-corrected chi connectivity index (χ1v) is 3.34. The zero-order chi connectivity index (χ0) is 8.43. The minimum Gasteiger partial charge on any atom is -0.548 e. The van der Waals surface area contributed by atoms with Gasteiger partial charge < -0.3 is 9.90 Å². The molecule has 0 spiro atoms. The summed E-state index contributed by atoms with van der Waals surface area (Å²) in [6.07, 6.45) is 1.56. The van der Waals surface area contributed by atoms with Crippen molar-refractivity contribution in [2.45, 2.75) is 19.9 Å². The van der Waals surface area contributed by atoms with Gasteiger partial charge in [-0.15, -0.1) is 0 Å². The van der Waals surface area contributed by atoms with Gasteiger partial charge in [0, 0.05) is 11.9 Å². The average molecular weight is 153 g/mol. The second-order valence-electron chi connectivity index (χ2n) is 2.41. The van der Waals surface area contributed by atoms with E-state index in [1.54, 1.807) is 19.2 Å². The Morgan fingerprint density at radius 2 is 2.45 bits per heavy atom. The molecule has 1 aromatic rings. The maximum Gasteiger partial charge on any atom is 0.0887 e. The Labute approximate surface area is 64.5 Å². The normalized spacial score (nSPS) is 12.9. The van der Waals surface area contributed by atoms with E-state index >= 15 is 0 Å². The van der Waals surface area contributed by atoms with E-state index in [1.165, 1.54) is 11.6 Å². The molecule has 0 N–H and O–H groups in total. The zero-order valence-corrected chi connectivity index (χ0v) is 6.44. The van der Waals surface area contributed by atoms with Crippen LogP contribution in [0.15, 0.2) is 12.3 Å². The van der Waals surface area contributed by atoms with E-state index in [0.29, 0.717) is 0 Å². The smallest absolute Gasteiger partial charge is 0.0887 e. The molecule has 4 nitrogen and oxygen atoms in total. The Bertz CT molecular complexity index is 267. The fraction of sp³-hybridized carbons (Fsp3) is 0.429. The van der Waals surface area contributed by atoms with Gasteiger partial charge in [0.25, 0.3) is 0 Å². The fourth-order valence-electron chi connectivity index (χ4n) is 0.886. The van der Waals surface area contributed by atoms with Crippen molar-refractivity contribution in [1.29, 1.82) is 0 Å². The van der Waals surface area contributed by atoms with Gasteiger partial charge in [-0.1, -0.05) is 0 Å². The molecule has 0 aliphatic rings. The van der Waals surface area contributed by atoms with Crippen molar-refractivity contribution in [3.05, 3.63) is 18.0 Å². The highest BCUT2D eigenvalue weighted by Crippen LogP contribution is 2.05. The number of hydrogen-bond donors (Lipinski definition) is 0. The number of aryl methyl sites for hydroxylation is 1. The molecule has 1 rings (SSSR count). The van der Waals surface area contributed by atoms with Gasteiger partial charge in [0.15, 0.2) is 0 Å². The van der Waals surface area contributed by atoms with E-state index in [0.717, 1.165) is 5.69 Å². The molecule has 1 aromatic heterocycles. The molecular weight excluding hydrogens is 144 g/mol. The number of carbonyl (C=O) groups is 1. The molecule has 60 valence electrons. The Morgan fingerprint density at radius 1 is 1.82 bits per heavy atom. The summed E-state index contributed by atoms with van der Waals surface area (Å²) in [4.78, 5) is 10.4. The number of aromatic nitrogens is 2. The van der Waals surface area contributed by atoms with Crippen LogP contribution in [0.3, 0.4) is 0 Å². The van der Waals surface area contributed by atoms with E-state index in [9.17, 15) is 9.90 Å². The summed E-state index contributed by atoms with van der Waals surface area (Å²) < 4.78 is 1.41. The molecule has 1 atom stereocenters. The number of carboxylic acids is 1. The lowest BCUT2D eigenvalue weighted by molar-refractivity contribution is -0.310. The Kier molecular flexibility index (Phi) is 1.94. The van der Waals surface area contributed by atoms with Gasteiger partial charge >= 0.3 is 0 Å². The topological polar surface area (TPSA) is 58.0 Å². The molecular formula is C7H9N2O2-. The van der Waals surface area contributed by atoms with Crippen LogP contribution in [0.5, 0.6) is 0 Å². The lowest BCUT2D eigenvalue weighted by Gasteiger charge is -2.14. The first-order chi connectivity index (χ1) is 5.13. The summed E-state index contributed by atoms with van der Waals surface area (Å²) in [6.45, 7) is 3.34. The fourth-order valence-corrected chi connectivity index (χ4v) is 0.886. The van der Waals surface area contributed by atoms with E-state index in [4.69, 9.17) is 0 Å². The predicted octanol–water partition coefficient (Wildman–Crippen LogP) is -0.498. The van der Waals surface area contributed by atoms with Crippen LogP contribution < -0.4 is 5.11 Å². The van der Waals surface area contributed by atoms with Crippen molar-refractivity contribution in [3.63, 3.8) is 0 Å². The predicted molar refractivity (Wildman–Crippen MR) is 36.7 cm³/mol. The zero-order valence-electron chi connectivity index (χ0n) is 6.44. The van der Waals surface area contributed by atoms with Gasteiger partial charge in [0.1, 0.15) is 0 Å². The minimum atomic E-state index is -1.11. The van der Waals surface area contributed by atoms with Crippen molar-refractivity contribution in [2.24, 2.45) is 0 Å². The van der Waals surface area contributed by atoms with Gasteiger partial charge in [0.05, 0.1) is 12.0 Å². The van der Waals surface area contributed by atoms with E-state index in [1.807, 2.05) is 0 Å². The Morgan fingerprint density at radius 3 is 2.82 bits per heavy atom. The molecule has 0 radical (unpaired) electrons. The monoisotopic (exact) mass is 153 g/mol. The summed E-state index contributed by atoms with van der Waals surface area (Å²) in [7, 11) is 0. The Hall–Kier alpha value is -1.32. The molecule has 0 saturated heterocycles. The number of aliphatic carboxylic acids is 1. The minimum absolute atomic E-state index is 0.690. The highest BCUT2D eigenvalue weighted by molar-refractivity contribution is 5.68. The Balaban J connectivity index is 2.92. The SMILES string of the molecule is Cc1ccnn1[C@H](C)C(=O)[O-]. The van der Waals surface area contributed by atoms with Crippen LogP contribution >= 0.6 is 0 Å². The van der Waals surface area contributed by atoms with Crippen LogP contribution in [0.2, 0.25) is 0 Å². The van der Waals surface area contributed by atoms with Gasteiger partial charge in [-0.05, 0) is 19.9 Å². The maximum atomic E-state index is 10.4. The largest absolute Gasteiger partial charge is 0.548 e. The van der Waals surface area contributed by atoms with Crippen molar-refractivity contribution in [3.8, 4) is 0 Å². The summed E-state index contributed by atoms with van der Waals surface area (Å²) >= 11 is 0. The molecule has 0 aliphatic carbocycles. The van der Waals surface area contributed by atoms with Gasteiger partial charge in [0.2, 0.25) is 0 Å². The van der Waals surface area contributed by atoms with Crippen LogP contribution in [0.1, 0.15) is 18.7 Å².